The molecule has 1 aromatic heterocycles. The van der Waals surface area contributed by atoms with Crippen LogP contribution in [0.4, 0.5) is 0 Å². The van der Waals surface area contributed by atoms with Gasteiger partial charge in [0.15, 0.2) is 0 Å². The van der Waals surface area contributed by atoms with Crippen molar-refractivity contribution in [1.29, 1.82) is 0 Å². The van der Waals surface area contributed by atoms with Gasteiger partial charge in [-0.1, -0.05) is 12.1 Å². The summed E-state index contributed by atoms with van der Waals surface area (Å²) in [6, 6.07) is 6.43. The maximum Gasteiger partial charge on any atom is 0.306 e. The van der Waals surface area contributed by atoms with Crippen molar-refractivity contribution in [3.63, 3.8) is 0 Å². The Hall–Kier alpha value is -2.50. The Labute approximate surface area is 115 Å². The van der Waals surface area contributed by atoms with E-state index in [1.54, 1.807) is 19.1 Å². The smallest absolute Gasteiger partial charge is 0.306 e. The summed E-state index contributed by atoms with van der Waals surface area (Å²) >= 11 is 0. The molecule has 6 nitrogen and oxygen atoms in total. The lowest BCUT2D eigenvalue weighted by Crippen LogP contribution is -2.17. The van der Waals surface area contributed by atoms with Gasteiger partial charge in [-0.25, -0.2) is 0 Å². The van der Waals surface area contributed by atoms with Crippen molar-refractivity contribution < 1.29 is 14.6 Å². The Kier molecular flexibility index (Phi) is 3.93. The van der Waals surface area contributed by atoms with E-state index in [-0.39, 0.29) is 17.7 Å². The highest BCUT2D eigenvalue weighted by molar-refractivity contribution is 5.71. The van der Waals surface area contributed by atoms with Crippen LogP contribution in [0.1, 0.15) is 29.2 Å². The maximum atomic E-state index is 11.9. The fraction of sp³-hybridized carbons (Fsp3) is 0.286. The topological polar surface area (TPSA) is 95.2 Å². The van der Waals surface area contributed by atoms with E-state index in [0.29, 0.717) is 11.3 Å². The fourth-order valence-electron chi connectivity index (χ4n) is 2.22. The third-order valence-electron chi connectivity index (χ3n) is 3.25. The average molecular weight is 276 g/mol. The fourth-order valence-corrected chi connectivity index (χ4v) is 2.22. The Morgan fingerprint density at radius 2 is 1.95 bits per heavy atom. The van der Waals surface area contributed by atoms with Crippen LogP contribution in [-0.2, 0) is 9.53 Å². The highest BCUT2D eigenvalue weighted by Gasteiger charge is 2.24. The standard InChI is InChI=1S/C14H16N2O4/c1-8-13(14(19)16-15-8)11(7-12(18)20-2)9-3-5-10(17)6-4-9/h3-6,11,17H,7H2,1-2H3,(H2,15,16,19)/t11-/m1/s1. The monoisotopic (exact) mass is 276 g/mol. The zero-order valence-corrected chi connectivity index (χ0v) is 11.3. The number of H-pyrrole nitrogens is 2. The molecular weight excluding hydrogens is 260 g/mol. The van der Waals surface area contributed by atoms with Crippen molar-refractivity contribution in [3.05, 3.63) is 51.4 Å². The molecule has 2 rings (SSSR count). The van der Waals surface area contributed by atoms with Gasteiger partial charge in [0.25, 0.3) is 5.56 Å². The number of hydrogen-bond donors (Lipinski definition) is 3. The number of hydrogen-bond acceptors (Lipinski definition) is 4. The van der Waals surface area contributed by atoms with E-state index >= 15 is 0 Å². The van der Waals surface area contributed by atoms with E-state index in [9.17, 15) is 14.7 Å². The molecule has 0 amide bonds. The summed E-state index contributed by atoms with van der Waals surface area (Å²) in [4.78, 5) is 23.5. The highest BCUT2D eigenvalue weighted by atomic mass is 16.5. The van der Waals surface area contributed by atoms with Crippen LogP contribution in [0, 0.1) is 6.92 Å². The first-order valence-electron chi connectivity index (χ1n) is 6.15. The molecule has 1 atom stereocenters. The largest absolute Gasteiger partial charge is 0.508 e. The van der Waals surface area contributed by atoms with Gasteiger partial charge >= 0.3 is 5.97 Å². The SMILES string of the molecule is COC(=O)C[C@H](c1ccc(O)cc1)c1c(C)[nH][nH]c1=O. The molecule has 0 saturated carbocycles. The Morgan fingerprint density at radius 1 is 1.30 bits per heavy atom. The predicted octanol–water partition coefficient (Wildman–Crippen LogP) is 1.41. The van der Waals surface area contributed by atoms with Crippen LogP contribution < -0.4 is 5.56 Å². The summed E-state index contributed by atoms with van der Waals surface area (Å²) in [6.07, 6.45) is 0.0586. The number of ether oxygens (including phenoxy) is 1. The zero-order chi connectivity index (χ0) is 14.7. The molecule has 1 aromatic carbocycles. The maximum absolute atomic E-state index is 11.9. The first-order valence-corrected chi connectivity index (χ1v) is 6.15. The number of aromatic hydroxyl groups is 1. The molecule has 2 aromatic rings. The third-order valence-corrected chi connectivity index (χ3v) is 3.25. The summed E-state index contributed by atoms with van der Waals surface area (Å²) < 4.78 is 4.69. The second-order valence-corrected chi connectivity index (χ2v) is 4.54. The second-order valence-electron chi connectivity index (χ2n) is 4.54. The van der Waals surface area contributed by atoms with Crippen LogP contribution in [0.3, 0.4) is 0 Å². The summed E-state index contributed by atoms with van der Waals surface area (Å²) in [6.45, 7) is 1.76. The third kappa shape index (κ3) is 2.74. The quantitative estimate of drug-likeness (QED) is 0.736. The number of aromatic nitrogens is 2. The molecule has 0 fully saturated rings. The highest BCUT2D eigenvalue weighted by Crippen LogP contribution is 2.28. The van der Waals surface area contributed by atoms with Gasteiger partial charge in [0.2, 0.25) is 0 Å². The van der Waals surface area contributed by atoms with Crippen molar-refractivity contribution >= 4 is 5.97 Å². The van der Waals surface area contributed by atoms with E-state index < -0.39 is 11.9 Å². The molecule has 0 aliphatic heterocycles. The number of aryl methyl sites for hydroxylation is 1. The molecule has 1 heterocycles. The Bertz CT molecular complexity index is 655. The molecule has 0 unspecified atom stereocenters. The molecule has 0 aliphatic rings. The average Bonchev–Trinajstić information content (AvgIpc) is 2.76. The minimum atomic E-state index is -0.418. The molecule has 0 bridgehead atoms. The molecular formula is C14H16N2O4. The van der Waals surface area contributed by atoms with Crippen molar-refractivity contribution in [2.45, 2.75) is 19.3 Å². The lowest BCUT2D eigenvalue weighted by atomic mass is 9.88. The van der Waals surface area contributed by atoms with Crippen molar-refractivity contribution in [2.24, 2.45) is 0 Å². The zero-order valence-electron chi connectivity index (χ0n) is 11.3. The minimum absolute atomic E-state index is 0.0586. The van der Waals surface area contributed by atoms with Crippen LogP contribution in [0.25, 0.3) is 0 Å². The molecule has 0 saturated heterocycles. The van der Waals surface area contributed by atoms with Crippen LogP contribution in [0.2, 0.25) is 0 Å². The van der Waals surface area contributed by atoms with E-state index in [4.69, 9.17) is 4.74 Å². The van der Waals surface area contributed by atoms with Gasteiger partial charge in [0, 0.05) is 17.2 Å². The van der Waals surface area contributed by atoms with Crippen molar-refractivity contribution in [3.8, 4) is 5.75 Å². The summed E-state index contributed by atoms with van der Waals surface area (Å²) in [5, 5.41) is 14.6. The summed E-state index contributed by atoms with van der Waals surface area (Å²) in [7, 11) is 1.31. The number of phenolic OH excluding ortho intramolecular Hbond substituents is 1. The molecule has 20 heavy (non-hydrogen) atoms. The first kappa shape index (κ1) is 13.9. The van der Waals surface area contributed by atoms with Gasteiger partial charge < -0.3 is 14.9 Å². The van der Waals surface area contributed by atoms with Crippen LogP contribution in [0.5, 0.6) is 5.75 Å². The van der Waals surface area contributed by atoms with E-state index in [2.05, 4.69) is 10.2 Å². The van der Waals surface area contributed by atoms with E-state index in [1.807, 2.05) is 0 Å². The van der Waals surface area contributed by atoms with Crippen molar-refractivity contribution in [2.75, 3.05) is 7.11 Å². The number of nitrogens with one attached hydrogen (secondary N) is 2. The number of benzene rings is 1. The number of phenols is 1. The van der Waals surface area contributed by atoms with Crippen LogP contribution >= 0.6 is 0 Å². The van der Waals surface area contributed by atoms with Gasteiger partial charge in [0.05, 0.1) is 13.5 Å². The molecule has 0 radical (unpaired) electrons. The van der Waals surface area contributed by atoms with Gasteiger partial charge in [0.1, 0.15) is 5.75 Å². The molecule has 6 heteroatoms. The second kappa shape index (κ2) is 5.64. The number of esters is 1. The van der Waals surface area contributed by atoms with Gasteiger partial charge in [-0.2, -0.15) is 0 Å². The summed E-state index contributed by atoms with van der Waals surface area (Å²) in [5.41, 5.74) is 1.68. The van der Waals surface area contributed by atoms with E-state index in [1.165, 1.54) is 19.2 Å². The number of aromatic amines is 2. The van der Waals surface area contributed by atoms with Crippen LogP contribution in [0.15, 0.2) is 29.1 Å². The Morgan fingerprint density at radius 3 is 2.45 bits per heavy atom. The lowest BCUT2D eigenvalue weighted by molar-refractivity contribution is -0.140. The molecule has 0 aliphatic carbocycles. The number of carbonyl (C=O) groups is 1. The van der Waals surface area contributed by atoms with Crippen molar-refractivity contribution in [1.82, 2.24) is 10.2 Å². The van der Waals surface area contributed by atoms with Gasteiger partial charge in [-0.05, 0) is 24.6 Å². The van der Waals surface area contributed by atoms with Gasteiger partial charge in [-0.15, -0.1) is 0 Å². The Balaban J connectivity index is 2.47. The van der Waals surface area contributed by atoms with Gasteiger partial charge in [-0.3, -0.25) is 14.7 Å². The van der Waals surface area contributed by atoms with Crippen LogP contribution in [-0.4, -0.2) is 28.4 Å². The van der Waals surface area contributed by atoms with E-state index in [0.717, 1.165) is 5.56 Å². The lowest BCUT2D eigenvalue weighted by Gasteiger charge is -2.15. The first-order chi connectivity index (χ1) is 9.52. The number of carbonyl (C=O) groups excluding carboxylic acids is 1. The summed E-state index contributed by atoms with van der Waals surface area (Å²) in [5.74, 6) is -0.689. The molecule has 106 valence electrons. The number of rotatable bonds is 4. The number of methoxy groups -OCH3 is 1. The molecule has 0 spiro atoms. The minimum Gasteiger partial charge on any atom is -0.508 e. The predicted molar refractivity (Wildman–Crippen MR) is 72.7 cm³/mol. The normalized spacial score (nSPS) is 12.1. The molecule has 3 N–H and O–H groups in total.